The molecule has 1 amide bonds. The number of pyridine rings is 1. The molecule has 1 aromatic heterocycles. The van der Waals surface area contributed by atoms with Gasteiger partial charge >= 0.3 is 0 Å². The highest BCUT2D eigenvalue weighted by Gasteiger charge is 2.39. The number of aromatic nitrogens is 1. The van der Waals surface area contributed by atoms with Crippen LogP contribution < -0.4 is 16.4 Å². The summed E-state index contributed by atoms with van der Waals surface area (Å²) in [4.78, 5) is 17.6. The number of primary amides is 1. The molecule has 5 nitrogen and oxygen atoms in total. The average molecular weight is 274 g/mol. The number of hydrogen-bond acceptors (Lipinski definition) is 4. The zero-order valence-electron chi connectivity index (χ0n) is 11.9. The van der Waals surface area contributed by atoms with E-state index in [1.165, 1.54) is 25.7 Å². The van der Waals surface area contributed by atoms with Gasteiger partial charge in [-0.2, -0.15) is 0 Å². The van der Waals surface area contributed by atoms with Crippen molar-refractivity contribution in [2.24, 2.45) is 23.5 Å². The zero-order chi connectivity index (χ0) is 14.3. The summed E-state index contributed by atoms with van der Waals surface area (Å²) in [5.74, 6) is 2.68. The molecule has 0 aliphatic heterocycles. The van der Waals surface area contributed by atoms with Crippen LogP contribution in [-0.2, 0) is 0 Å². The third kappa shape index (κ3) is 2.32. The Balaban J connectivity index is 1.75. The quantitative estimate of drug-likeness (QED) is 0.874. The molecule has 1 heterocycles. The molecular formula is C15H22N4O. The van der Waals surface area contributed by atoms with Crippen molar-refractivity contribution < 1.29 is 4.79 Å². The second kappa shape index (κ2) is 4.96. The fraction of sp³-hybridized carbons (Fsp3) is 0.600. The van der Waals surface area contributed by atoms with Crippen molar-refractivity contribution in [3.63, 3.8) is 0 Å². The van der Waals surface area contributed by atoms with E-state index in [0.29, 0.717) is 11.5 Å². The van der Waals surface area contributed by atoms with Crippen LogP contribution in [0.25, 0.3) is 0 Å². The molecule has 3 unspecified atom stereocenters. The van der Waals surface area contributed by atoms with Crippen molar-refractivity contribution in [2.45, 2.75) is 25.7 Å². The van der Waals surface area contributed by atoms with Crippen LogP contribution in [0.5, 0.6) is 0 Å². The first-order valence-corrected chi connectivity index (χ1v) is 7.32. The largest absolute Gasteiger partial charge is 0.396 e. The topological polar surface area (TPSA) is 85.2 Å². The number of nitrogens with zero attached hydrogens (tertiary/aromatic N) is 2. The van der Waals surface area contributed by atoms with E-state index in [2.05, 4.69) is 9.88 Å². The molecule has 2 fully saturated rings. The minimum absolute atomic E-state index is 0.272. The highest BCUT2D eigenvalue weighted by Crippen LogP contribution is 2.48. The summed E-state index contributed by atoms with van der Waals surface area (Å²) < 4.78 is 0. The number of hydrogen-bond donors (Lipinski definition) is 2. The molecule has 0 saturated heterocycles. The maximum atomic E-state index is 11.2. The summed E-state index contributed by atoms with van der Waals surface area (Å²) >= 11 is 0. The number of amides is 1. The van der Waals surface area contributed by atoms with Gasteiger partial charge in [0.15, 0.2) is 5.82 Å². The summed E-state index contributed by atoms with van der Waals surface area (Å²) in [5, 5.41) is 0. The van der Waals surface area contributed by atoms with Crippen LogP contribution in [-0.4, -0.2) is 24.5 Å². The van der Waals surface area contributed by atoms with Crippen LogP contribution in [0, 0.1) is 17.8 Å². The van der Waals surface area contributed by atoms with E-state index >= 15 is 0 Å². The molecule has 0 aromatic carbocycles. The summed E-state index contributed by atoms with van der Waals surface area (Å²) in [7, 11) is 2.00. The van der Waals surface area contributed by atoms with Crippen LogP contribution in [0.15, 0.2) is 12.1 Å². The SMILES string of the molecule is CN(CC1CC2CCC1C2)c1nc(C(N)=O)ccc1N. The summed E-state index contributed by atoms with van der Waals surface area (Å²) in [5.41, 5.74) is 12.1. The van der Waals surface area contributed by atoms with Gasteiger partial charge in [0, 0.05) is 13.6 Å². The molecular weight excluding hydrogens is 252 g/mol. The first-order chi connectivity index (χ1) is 9.54. The maximum Gasteiger partial charge on any atom is 0.267 e. The van der Waals surface area contributed by atoms with Gasteiger partial charge in [0.2, 0.25) is 0 Å². The van der Waals surface area contributed by atoms with Crippen molar-refractivity contribution in [3.05, 3.63) is 17.8 Å². The Kier molecular flexibility index (Phi) is 3.28. The van der Waals surface area contributed by atoms with Crippen molar-refractivity contribution in [2.75, 3.05) is 24.2 Å². The van der Waals surface area contributed by atoms with E-state index in [1.54, 1.807) is 12.1 Å². The van der Waals surface area contributed by atoms with Gasteiger partial charge in [-0.1, -0.05) is 6.42 Å². The third-order valence-electron chi connectivity index (χ3n) is 4.91. The van der Waals surface area contributed by atoms with Crippen LogP contribution in [0.3, 0.4) is 0 Å². The molecule has 2 bridgehead atoms. The number of carbonyl (C=O) groups is 1. The molecule has 20 heavy (non-hydrogen) atoms. The zero-order valence-corrected chi connectivity index (χ0v) is 11.9. The minimum Gasteiger partial charge on any atom is -0.396 e. The molecule has 2 aliphatic rings. The molecule has 2 aliphatic carbocycles. The van der Waals surface area contributed by atoms with Crippen molar-refractivity contribution in [1.82, 2.24) is 4.98 Å². The van der Waals surface area contributed by atoms with Crippen LogP contribution in [0.4, 0.5) is 11.5 Å². The lowest BCUT2D eigenvalue weighted by atomic mass is 9.88. The molecule has 4 N–H and O–H groups in total. The van der Waals surface area contributed by atoms with Gasteiger partial charge in [0.1, 0.15) is 5.69 Å². The smallest absolute Gasteiger partial charge is 0.267 e. The molecule has 5 heteroatoms. The number of nitrogen functional groups attached to an aromatic ring is 1. The lowest BCUT2D eigenvalue weighted by Crippen LogP contribution is -2.30. The van der Waals surface area contributed by atoms with Gasteiger partial charge in [-0.15, -0.1) is 0 Å². The van der Waals surface area contributed by atoms with Crippen molar-refractivity contribution in [1.29, 1.82) is 0 Å². The molecule has 2 saturated carbocycles. The number of nitrogens with two attached hydrogens (primary N) is 2. The Bertz CT molecular complexity index is 531. The monoisotopic (exact) mass is 274 g/mol. The minimum atomic E-state index is -0.514. The van der Waals surface area contributed by atoms with E-state index in [4.69, 9.17) is 11.5 Å². The summed E-state index contributed by atoms with van der Waals surface area (Å²) in [6.45, 7) is 0.959. The van der Waals surface area contributed by atoms with E-state index in [0.717, 1.165) is 24.3 Å². The van der Waals surface area contributed by atoms with Crippen molar-refractivity contribution >= 4 is 17.4 Å². The van der Waals surface area contributed by atoms with Crippen LogP contribution >= 0.6 is 0 Å². The van der Waals surface area contributed by atoms with Gasteiger partial charge < -0.3 is 16.4 Å². The molecule has 108 valence electrons. The highest BCUT2D eigenvalue weighted by molar-refractivity contribution is 5.91. The van der Waals surface area contributed by atoms with Gasteiger partial charge in [-0.05, 0) is 49.1 Å². The normalized spacial score (nSPS) is 27.8. The first-order valence-electron chi connectivity index (χ1n) is 7.32. The van der Waals surface area contributed by atoms with Gasteiger partial charge in [-0.3, -0.25) is 4.79 Å². The molecule has 1 aromatic rings. The number of rotatable bonds is 4. The number of fused-ring (bicyclic) bond motifs is 2. The van der Waals surface area contributed by atoms with E-state index in [1.807, 2.05) is 7.05 Å². The fourth-order valence-electron chi connectivity index (χ4n) is 3.94. The Morgan fingerprint density at radius 1 is 1.40 bits per heavy atom. The predicted octanol–water partition coefficient (Wildman–Crippen LogP) is 1.64. The second-order valence-electron chi connectivity index (χ2n) is 6.29. The molecule has 3 rings (SSSR count). The molecule has 0 radical (unpaired) electrons. The summed E-state index contributed by atoms with van der Waals surface area (Å²) in [6, 6.07) is 3.28. The predicted molar refractivity (Wildman–Crippen MR) is 79.4 cm³/mol. The highest BCUT2D eigenvalue weighted by atomic mass is 16.1. The summed E-state index contributed by atoms with van der Waals surface area (Å²) in [6.07, 6.45) is 5.49. The Hall–Kier alpha value is -1.78. The van der Waals surface area contributed by atoms with E-state index in [9.17, 15) is 4.79 Å². The Morgan fingerprint density at radius 2 is 2.20 bits per heavy atom. The number of anilines is 2. The third-order valence-corrected chi connectivity index (χ3v) is 4.91. The maximum absolute atomic E-state index is 11.2. The lowest BCUT2D eigenvalue weighted by Gasteiger charge is -2.28. The average Bonchev–Trinajstić information content (AvgIpc) is 3.01. The molecule has 3 atom stereocenters. The first kappa shape index (κ1) is 13.2. The second-order valence-corrected chi connectivity index (χ2v) is 6.29. The molecule has 0 spiro atoms. The van der Waals surface area contributed by atoms with E-state index in [-0.39, 0.29) is 5.69 Å². The van der Waals surface area contributed by atoms with E-state index < -0.39 is 5.91 Å². The van der Waals surface area contributed by atoms with Crippen LogP contribution in [0.2, 0.25) is 0 Å². The number of carbonyl (C=O) groups excluding carboxylic acids is 1. The van der Waals surface area contributed by atoms with Crippen molar-refractivity contribution in [3.8, 4) is 0 Å². The van der Waals surface area contributed by atoms with Gasteiger partial charge in [-0.25, -0.2) is 4.98 Å². The standard InChI is InChI=1S/C15H22N4O/c1-19(8-11-7-9-2-3-10(11)6-9)15-12(16)4-5-13(18-15)14(17)20/h4-5,9-11H,2-3,6-8,16H2,1H3,(H2,17,20). The Labute approximate surface area is 119 Å². The van der Waals surface area contributed by atoms with Crippen LogP contribution in [0.1, 0.15) is 36.2 Å². The van der Waals surface area contributed by atoms with Gasteiger partial charge in [0.25, 0.3) is 5.91 Å². The van der Waals surface area contributed by atoms with Gasteiger partial charge in [0.05, 0.1) is 5.69 Å². The fourth-order valence-corrected chi connectivity index (χ4v) is 3.94. The Morgan fingerprint density at radius 3 is 2.80 bits per heavy atom. The lowest BCUT2D eigenvalue weighted by molar-refractivity contribution is 0.0995.